The minimum atomic E-state index is -0.640. The van der Waals surface area contributed by atoms with Gasteiger partial charge in [-0.3, -0.25) is 4.79 Å². The molecule has 6 heteroatoms. The number of rotatable bonds is 5. The van der Waals surface area contributed by atoms with Crippen molar-refractivity contribution in [3.63, 3.8) is 0 Å². The first kappa shape index (κ1) is 13.2. The van der Waals surface area contributed by atoms with Crippen molar-refractivity contribution in [2.45, 2.75) is 33.1 Å². The molecule has 0 atom stereocenters. The van der Waals surface area contributed by atoms with Crippen molar-refractivity contribution in [2.24, 2.45) is 5.73 Å². The number of carbonyl (C=O) groups is 1. The summed E-state index contributed by atoms with van der Waals surface area (Å²) in [5.74, 6) is -0.312. The molecule has 2 aromatic rings. The highest BCUT2D eigenvalue weighted by molar-refractivity contribution is 6.02. The molecule has 1 amide bonds. The number of aromatic nitrogens is 2. The fourth-order valence-corrected chi connectivity index (χ4v) is 2.18. The fourth-order valence-electron chi connectivity index (χ4n) is 2.18. The molecule has 0 aromatic carbocycles. The van der Waals surface area contributed by atoms with Crippen molar-refractivity contribution in [3.8, 4) is 11.5 Å². The fraction of sp³-hybridized carbons (Fsp3) is 0.385. The zero-order chi connectivity index (χ0) is 14.0. The third kappa shape index (κ3) is 2.33. The highest BCUT2D eigenvalue weighted by Crippen LogP contribution is 2.29. The molecule has 0 spiro atoms. The van der Waals surface area contributed by atoms with Crippen molar-refractivity contribution < 1.29 is 9.32 Å². The highest BCUT2D eigenvalue weighted by Gasteiger charge is 2.22. The first-order valence-corrected chi connectivity index (χ1v) is 6.34. The molecule has 0 aliphatic heterocycles. The zero-order valence-corrected chi connectivity index (χ0v) is 11.1. The Morgan fingerprint density at radius 3 is 2.79 bits per heavy atom. The molecule has 0 aliphatic carbocycles. The number of primary amides is 1. The van der Waals surface area contributed by atoms with Crippen LogP contribution in [-0.4, -0.2) is 16.0 Å². The Morgan fingerprint density at radius 1 is 1.47 bits per heavy atom. The summed E-state index contributed by atoms with van der Waals surface area (Å²) in [6, 6.07) is 1.96. The van der Waals surface area contributed by atoms with Crippen LogP contribution >= 0.6 is 0 Å². The third-order valence-corrected chi connectivity index (χ3v) is 3.08. The minimum absolute atomic E-state index is 0.0205. The SMILES string of the molecule is CCCc1[nH]c(-c2onc(N)c2C(N)=O)cc1CC. The van der Waals surface area contributed by atoms with Crippen molar-refractivity contribution in [2.75, 3.05) is 5.73 Å². The van der Waals surface area contributed by atoms with Gasteiger partial charge in [-0.2, -0.15) is 0 Å². The molecule has 102 valence electrons. The van der Waals surface area contributed by atoms with Crippen LogP contribution < -0.4 is 11.5 Å². The summed E-state index contributed by atoms with van der Waals surface area (Å²) < 4.78 is 5.13. The number of hydrogen-bond donors (Lipinski definition) is 3. The molecule has 2 heterocycles. The Kier molecular flexibility index (Phi) is 3.59. The number of nitrogens with two attached hydrogens (primary N) is 2. The van der Waals surface area contributed by atoms with Crippen LogP contribution in [0.1, 0.15) is 41.9 Å². The van der Waals surface area contributed by atoms with Gasteiger partial charge in [-0.1, -0.05) is 25.4 Å². The second kappa shape index (κ2) is 5.17. The summed E-state index contributed by atoms with van der Waals surface area (Å²) in [6.07, 6.45) is 2.88. The Morgan fingerprint density at radius 2 is 2.21 bits per heavy atom. The second-order valence-electron chi connectivity index (χ2n) is 4.43. The van der Waals surface area contributed by atoms with Crippen molar-refractivity contribution in [1.82, 2.24) is 10.1 Å². The molecular formula is C13H18N4O2. The van der Waals surface area contributed by atoms with Gasteiger partial charge in [-0.25, -0.2) is 0 Å². The van der Waals surface area contributed by atoms with E-state index in [1.807, 2.05) is 6.07 Å². The molecule has 6 nitrogen and oxygen atoms in total. The van der Waals surface area contributed by atoms with Crippen LogP contribution in [0.5, 0.6) is 0 Å². The van der Waals surface area contributed by atoms with Gasteiger partial charge in [0.15, 0.2) is 11.6 Å². The van der Waals surface area contributed by atoms with Crippen LogP contribution in [0.3, 0.4) is 0 Å². The maximum Gasteiger partial charge on any atom is 0.256 e. The van der Waals surface area contributed by atoms with Crippen LogP contribution in [0.4, 0.5) is 5.82 Å². The van der Waals surface area contributed by atoms with Crippen molar-refractivity contribution in [3.05, 3.63) is 22.9 Å². The average molecular weight is 262 g/mol. The standard InChI is InChI=1S/C13H18N4O2/c1-3-5-8-7(4-2)6-9(16-8)11-10(13(15)18)12(14)17-19-11/h6,16H,3-5H2,1-2H3,(H2,14,17)(H2,15,18). The van der Waals surface area contributed by atoms with E-state index < -0.39 is 5.91 Å². The molecule has 0 saturated heterocycles. The van der Waals surface area contributed by atoms with Crippen molar-refractivity contribution >= 4 is 11.7 Å². The van der Waals surface area contributed by atoms with Crippen LogP contribution in [-0.2, 0) is 12.8 Å². The Hall–Kier alpha value is -2.24. The lowest BCUT2D eigenvalue weighted by molar-refractivity contribution is 0.100. The van der Waals surface area contributed by atoms with Gasteiger partial charge in [0.1, 0.15) is 5.56 Å². The zero-order valence-electron chi connectivity index (χ0n) is 11.1. The topological polar surface area (TPSA) is 111 Å². The van der Waals surface area contributed by atoms with Gasteiger partial charge in [0, 0.05) is 5.69 Å². The van der Waals surface area contributed by atoms with E-state index in [1.165, 1.54) is 5.56 Å². The van der Waals surface area contributed by atoms with E-state index in [2.05, 4.69) is 24.0 Å². The number of nitrogens with zero attached hydrogens (tertiary/aromatic N) is 1. The Bertz CT molecular complexity index is 598. The maximum atomic E-state index is 11.4. The predicted octanol–water partition coefficient (Wildman–Crippen LogP) is 1.87. The quantitative estimate of drug-likeness (QED) is 0.763. The summed E-state index contributed by atoms with van der Waals surface area (Å²) in [5.41, 5.74) is 14.1. The number of carbonyl (C=O) groups excluding carboxylic acids is 1. The molecule has 0 unspecified atom stereocenters. The van der Waals surface area contributed by atoms with E-state index in [1.54, 1.807) is 0 Å². The van der Waals surface area contributed by atoms with E-state index in [0.717, 1.165) is 25.0 Å². The molecule has 0 saturated carbocycles. The van der Waals surface area contributed by atoms with E-state index in [9.17, 15) is 4.79 Å². The van der Waals surface area contributed by atoms with Crippen molar-refractivity contribution in [1.29, 1.82) is 0 Å². The molecule has 0 bridgehead atoms. The molecule has 5 N–H and O–H groups in total. The van der Waals surface area contributed by atoms with Gasteiger partial charge >= 0.3 is 0 Å². The van der Waals surface area contributed by atoms with Gasteiger partial charge in [-0.15, -0.1) is 0 Å². The number of hydrogen-bond acceptors (Lipinski definition) is 4. The van der Waals surface area contributed by atoms with E-state index in [0.29, 0.717) is 11.5 Å². The number of nitrogen functional groups attached to an aromatic ring is 1. The number of aryl methyl sites for hydroxylation is 2. The average Bonchev–Trinajstić information content (AvgIpc) is 2.93. The van der Waals surface area contributed by atoms with Gasteiger partial charge in [0.2, 0.25) is 0 Å². The summed E-state index contributed by atoms with van der Waals surface area (Å²) in [6.45, 7) is 4.19. The van der Waals surface area contributed by atoms with E-state index >= 15 is 0 Å². The first-order chi connectivity index (χ1) is 9.08. The largest absolute Gasteiger partial charge is 0.380 e. The number of H-pyrrole nitrogens is 1. The van der Waals surface area contributed by atoms with Crippen LogP contribution in [0, 0.1) is 0 Å². The normalized spacial score (nSPS) is 10.8. The number of nitrogens with one attached hydrogen (secondary N) is 1. The van der Waals surface area contributed by atoms with Crippen LogP contribution in [0.15, 0.2) is 10.6 Å². The molecule has 0 fully saturated rings. The third-order valence-electron chi connectivity index (χ3n) is 3.08. The smallest absolute Gasteiger partial charge is 0.256 e. The Balaban J connectivity index is 2.50. The number of amides is 1. The summed E-state index contributed by atoms with van der Waals surface area (Å²) in [4.78, 5) is 14.7. The van der Waals surface area contributed by atoms with Gasteiger partial charge in [0.25, 0.3) is 5.91 Å². The highest BCUT2D eigenvalue weighted by atomic mass is 16.5. The molecule has 0 radical (unpaired) electrons. The molecule has 2 rings (SSSR count). The number of anilines is 1. The molecule has 19 heavy (non-hydrogen) atoms. The monoisotopic (exact) mass is 262 g/mol. The van der Waals surface area contributed by atoms with Crippen LogP contribution in [0.2, 0.25) is 0 Å². The predicted molar refractivity (Wildman–Crippen MR) is 72.6 cm³/mol. The van der Waals surface area contributed by atoms with Gasteiger partial charge in [-0.05, 0) is 24.5 Å². The molecular weight excluding hydrogens is 244 g/mol. The maximum absolute atomic E-state index is 11.4. The van der Waals surface area contributed by atoms with Gasteiger partial charge < -0.3 is 21.0 Å². The molecule has 2 aromatic heterocycles. The summed E-state index contributed by atoms with van der Waals surface area (Å²) in [7, 11) is 0. The molecule has 0 aliphatic rings. The van der Waals surface area contributed by atoms with E-state index in [4.69, 9.17) is 16.0 Å². The number of aromatic amines is 1. The summed E-state index contributed by atoms with van der Waals surface area (Å²) >= 11 is 0. The van der Waals surface area contributed by atoms with E-state index in [-0.39, 0.29) is 11.4 Å². The lowest BCUT2D eigenvalue weighted by Gasteiger charge is -1.98. The minimum Gasteiger partial charge on any atom is -0.380 e. The Labute approximate surface area is 111 Å². The van der Waals surface area contributed by atoms with Gasteiger partial charge in [0.05, 0.1) is 5.69 Å². The van der Waals surface area contributed by atoms with Crippen LogP contribution in [0.25, 0.3) is 11.5 Å². The second-order valence-corrected chi connectivity index (χ2v) is 4.43. The lowest BCUT2D eigenvalue weighted by Crippen LogP contribution is -2.13. The lowest BCUT2D eigenvalue weighted by atomic mass is 10.1. The first-order valence-electron chi connectivity index (χ1n) is 6.34. The summed E-state index contributed by atoms with van der Waals surface area (Å²) in [5, 5.41) is 3.61.